The number of amides is 1. The zero-order valence-corrected chi connectivity index (χ0v) is 14.6. The number of aliphatic hydroxyl groups is 1. The van der Waals surface area contributed by atoms with Crippen molar-refractivity contribution in [1.29, 1.82) is 0 Å². The molecule has 0 spiro atoms. The van der Waals surface area contributed by atoms with Gasteiger partial charge >= 0.3 is 0 Å². The number of carbonyl (C=O) groups excluding carboxylic acids is 2. The number of Topliss-reactive ketones (excluding diaryl/α,β-unsaturated/α-hetero) is 1. The summed E-state index contributed by atoms with van der Waals surface area (Å²) in [5.41, 5.74) is 0.567. The minimum Gasteiger partial charge on any atom is -0.507 e. The highest BCUT2D eigenvalue weighted by atomic mass is 19.1. The third kappa shape index (κ3) is 3.07. The molecule has 7 heteroatoms. The van der Waals surface area contributed by atoms with Gasteiger partial charge in [-0.25, -0.2) is 4.39 Å². The van der Waals surface area contributed by atoms with E-state index in [1.165, 1.54) is 35.4 Å². The fraction of sp³-hybridized carbons (Fsp3) is 0.0952. The van der Waals surface area contributed by atoms with Gasteiger partial charge in [0.2, 0.25) is 0 Å². The van der Waals surface area contributed by atoms with Gasteiger partial charge in [-0.1, -0.05) is 6.07 Å². The Morgan fingerprint density at radius 3 is 2.54 bits per heavy atom. The van der Waals surface area contributed by atoms with Crippen LogP contribution in [0.3, 0.4) is 0 Å². The third-order valence-corrected chi connectivity index (χ3v) is 4.53. The number of aliphatic hydroxyl groups excluding tert-OH is 1. The number of hydrogen-bond donors (Lipinski definition) is 1. The van der Waals surface area contributed by atoms with Gasteiger partial charge in [-0.2, -0.15) is 0 Å². The summed E-state index contributed by atoms with van der Waals surface area (Å²) >= 11 is 0. The van der Waals surface area contributed by atoms with Crippen LogP contribution in [0.4, 0.5) is 4.39 Å². The summed E-state index contributed by atoms with van der Waals surface area (Å²) in [7, 11) is 0. The van der Waals surface area contributed by atoms with Crippen LogP contribution in [0.25, 0.3) is 5.76 Å². The molecule has 1 unspecified atom stereocenters. The summed E-state index contributed by atoms with van der Waals surface area (Å²) < 4.78 is 18.5. The van der Waals surface area contributed by atoms with E-state index in [0.717, 1.165) is 0 Å². The Balaban J connectivity index is 1.85. The zero-order chi connectivity index (χ0) is 19.7. The molecule has 3 heterocycles. The number of aromatic nitrogens is 1. The molecule has 4 rings (SSSR count). The van der Waals surface area contributed by atoms with Crippen molar-refractivity contribution >= 4 is 17.4 Å². The molecule has 2 aromatic heterocycles. The predicted molar refractivity (Wildman–Crippen MR) is 97.2 cm³/mol. The molecule has 3 aromatic rings. The van der Waals surface area contributed by atoms with Crippen LogP contribution in [0, 0.1) is 5.82 Å². The maximum Gasteiger partial charge on any atom is 0.296 e. The topological polar surface area (TPSA) is 83.6 Å². The first-order chi connectivity index (χ1) is 13.6. The second-order valence-electron chi connectivity index (χ2n) is 6.27. The van der Waals surface area contributed by atoms with Crippen LogP contribution < -0.4 is 0 Å². The number of benzene rings is 1. The summed E-state index contributed by atoms with van der Waals surface area (Å²) in [6.07, 6.45) is 3.01. The highest BCUT2D eigenvalue weighted by Crippen LogP contribution is 2.39. The van der Waals surface area contributed by atoms with Crippen LogP contribution in [0.2, 0.25) is 0 Å². The fourth-order valence-corrected chi connectivity index (χ4v) is 3.22. The van der Waals surface area contributed by atoms with Crippen molar-refractivity contribution in [3.05, 3.63) is 95.5 Å². The van der Waals surface area contributed by atoms with E-state index < -0.39 is 23.5 Å². The molecule has 140 valence electrons. The summed E-state index contributed by atoms with van der Waals surface area (Å²) in [4.78, 5) is 31.1. The van der Waals surface area contributed by atoms with Gasteiger partial charge in [0, 0.05) is 11.8 Å². The highest BCUT2D eigenvalue weighted by Gasteiger charge is 2.47. The monoisotopic (exact) mass is 378 g/mol. The van der Waals surface area contributed by atoms with Crippen LogP contribution in [0.15, 0.2) is 77.0 Å². The van der Waals surface area contributed by atoms with E-state index in [1.54, 1.807) is 36.5 Å². The van der Waals surface area contributed by atoms with Crippen molar-refractivity contribution in [2.75, 3.05) is 0 Å². The number of likely N-dealkylation sites (tertiary alicyclic amines) is 1. The number of pyridine rings is 1. The van der Waals surface area contributed by atoms with Gasteiger partial charge in [0.05, 0.1) is 24.1 Å². The Morgan fingerprint density at radius 2 is 1.89 bits per heavy atom. The molecule has 1 aliphatic rings. The van der Waals surface area contributed by atoms with Crippen LogP contribution in [-0.2, 0) is 16.1 Å². The first kappa shape index (κ1) is 17.7. The van der Waals surface area contributed by atoms with Gasteiger partial charge < -0.3 is 14.4 Å². The lowest BCUT2D eigenvalue weighted by Gasteiger charge is -2.23. The zero-order valence-electron chi connectivity index (χ0n) is 14.6. The maximum absolute atomic E-state index is 13.2. The van der Waals surface area contributed by atoms with Crippen molar-refractivity contribution < 1.29 is 23.5 Å². The second kappa shape index (κ2) is 7.11. The summed E-state index contributed by atoms with van der Waals surface area (Å²) in [5.74, 6) is -1.96. The molecule has 0 aliphatic carbocycles. The molecule has 0 radical (unpaired) electrons. The van der Waals surface area contributed by atoms with Gasteiger partial charge in [-0.15, -0.1) is 0 Å². The van der Waals surface area contributed by atoms with Crippen molar-refractivity contribution in [3.8, 4) is 0 Å². The first-order valence-corrected chi connectivity index (χ1v) is 8.54. The van der Waals surface area contributed by atoms with Crippen LogP contribution in [0.5, 0.6) is 0 Å². The smallest absolute Gasteiger partial charge is 0.296 e. The van der Waals surface area contributed by atoms with E-state index >= 15 is 0 Å². The number of halogens is 1. The largest absolute Gasteiger partial charge is 0.507 e. The maximum atomic E-state index is 13.2. The number of carbonyl (C=O) groups is 2. The highest BCUT2D eigenvalue weighted by molar-refractivity contribution is 6.46. The van der Waals surface area contributed by atoms with Crippen LogP contribution >= 0.6 is 0 Å². The van der Waals surface area contributed by atoms with E-state index in [1.807, 2.05) is 0 Å². The predicted octanol–water partition coefficient (Wildman–Crippen LogP) is 3.44. The minimum absolute atomic E-state index is 0.0407. The number of rotatable bonds is 4. The van der Waals surface area contributed by atoms with E-state index in [0.29, 0.717) is 11.5 Å². The van der Waals surface area contributed by atoms with Gasteiger partial charge in [0.1, 0.15) is 23.4 Å². The molecule has 1 aliphatic heterocycles. The number of ketones is 1. The van der Waals surface area contributed by atoms with Gasteiger partial charge in [0.25, 0.3) is 11.7 Å². The Kier molecular flexibility index (Phi) is 4.49. The number of nitrogens with zero attached hydrogens (tertiary/aromatic N) is 2. The Hall–Kier alpha value is -3.74. The van der Waals surface area contributed by atoms with Gasteiger partial charge in [-0.3, -0.25) is 14.6 Å². The average Bonchev–Trinajstić information content (AvgIpc) is 3.31. The molecule has 1 amide bonds. The molecule has 1 fully saturated rings. The van der Waals surface area contributed by atoms with Crippen molar-refractivity contribution in [1.82, 2.24) is 9.88 Å². The Labute approximate surface area is 159 Å². The lowest BCUT2D eigenvalue weighted by Crippen LogP contribution is -2.29. The van der Waals surface area contributed by atoms with E-state index in [2.05, 4.69) is 4.98 Å². The van der Waals surface area contributed by atoms with Crippen molar-refractivity contribution in [2.45, 2.75) is 12.6 Å². The standard InChI is InChI=1S/C21H15FN2O4/c22-14-8-6-13(7-9-14)19(25)17-18(16-5-1-2-10-23-16)24(21(27)20(17)26)12-15-4-3-11-28-15/h1-11,18,25H,12H2/b19-17-. The molecule has 1 aromatic carbocycles. The van der Waals surface area contributed by atoms with E-state index in [4.69, 9.17) is 4.42 Å². The Bertz CT molecular complexity index is 1040. The third-order valence-electron chi connectivity index (χ3n) is 4.53. The van der Waals surface area contributed by atoms with Crippen molar-refractivity contribution in [3.63, 3.8) is 0 Å². The van der Waals surface area contributed by atoms with Gasteiger partial charge in [-0.05, 0) is 48.5 Å². The summed E-state index contributed by atoms with van der Waals surface area (Å²) in [5, 5.41) is 10.8. The Morgan fingerprint density at radius 1 is 1.11 bits per heavy atom. The summed E-state index contributed by atoms with van der Waals surface area (Å²) in [6, 6.07) is 12.6. The fourth-order valence-electron chi connectivity index (χ4n) is 3.22. The molecule has 0 saturated carbocycles. The number of furan rings is 1. The molecule has 28 heavy (non-hydrogen) atoms. The lowest BCUT2D eigenvalue weighted by atomic mass is 9.98. The SMILES string of the molecule is O=C1C(=O)N(Cc2ccco2)C(c2ccccn2)/C1=C(/O)c1ccc(F)cc1. The first-order valence-electron chi connectivity index (χ1n) is 8.54. The lowest BCUT2D eigenvalue weighted by molar-refractivity contribution is -0.140. The quantitative estimate of drug-likeness (QED) is 0.427. The van der Waals surface area contributed by atoms with Crippen molar-refractivity contribution in [2.24, 2.45) is 0 Å². The molecular formula is C21H15FN2O4. The van der Waals surface area contributed by atoms with Crippen LogP contribution in [0.1, 0.15) is 23.1 Å². The summed E-state index contributed by atoms with van der Waals surface area (Å²) in [6.45, 7) is 0.0407. The normalized spacial score (nSPS) is 18.6. The molecule has 1 N–H and O–H groups in total. The van der Waals surface area contributed by atoms with E-state index in [-0.39, 0.29) is 23.4 Å². The van der Waals surface area contributed by atoms with Crippen LogP contribution in [-0.4, -0.2) is 26.7 Å². The minimum atomic E-state index is -0.892. The van der Waals surface area contributed by atoms with Gasteiger partial charge in [0.15, 0.2) is 0 Å². The second-order valence-corrected chi connectivity index (χ2v) is 6.27. The molecular weight excluding hydrogens is 363 g/mol. The average molecular weight is 378 g/mol. The van der Waals surface area contributed by atoms with E-state index in [9.17, 15) is 19.1 Å². The molecule has 1 atom stereocenters. The molecule has 1 saturated heterocycles. The molecule has 0 bridgehead atoms. The number of hydrogen-bond acceptors (Lipinski definition) is 5. The molecule has 6 nitrogen and oxygen atoms in total.